The number of rotatable bonds is 17. The minimum Gasteiger partial charge on any atom is -0.445 e. The van der Waals surface area contributed by atoms with Crippen molar-refractivity contribution in [3.63, 3.8) is 0 Å². The molecule has 2 amide bonds. The largest absolute Gasteiger partial charge is 0.445 e. The number of benzene rings is 4. The van der Waals surface area contributed by atoms with Crippen molar-refractivity contribution in [2.45, 2.75) is 63.5 Å². The Morgan fingerprint density at radius 3 is 2.15 bits per heavy atom. The first kappa shape index (κ1) is 37.1. The molecule has 11 nitrogen and oxygen atoms in total. The molecule has 0 bridgehead atoms. The summed E-state index contributed by atoms with van der Waals surface area (Å²) in [5.74, 6) is -1.93. The minimum atomic E-state index is -1.15. The molecule has 0 saturated carbocycles. The molecule has 53 heavy (non-hydrogen) atoms. The third-order valence-electron chi connectivity index (χ3n) is 9.43. The van der Waals surface area contributed by atoms with E-state index in [1.54, 1.807) is 42.5 Å². The number of ketones is 2. The highest BCUT2D eigenvalue weighted by Gasteiger charge is 2.44. The molecule has 2 heterocycles. The monoisotopic (exact) mass is 716 g/mol. The number of amides is 2. The molecule has 274 valence electrons. The number of likely N-dealkylation sites (tertiary alicyclic amines) is 1. The van der Waals surface area contributed by atoms with E-state index in [1.807, 2.05) is 72.8 Å². The molecule has 4 aromatic carbocycles. The van der Waals surface area contributed by atoms with Gasteiger partial charge in [0.05, 0.1) is 18.8 Å². The number of nitrogens with zero attached hydrogens (tertiary/aromatic N) is 2. The van der Waals surface area contributed by atoms with Crippen LogP contribution in [0, 0.1) is 5.92 Å². The summed E-state index contributed by atoms with van der Waals surface area (Å²) < 4.78 is 17.6. The molecule has 11 heteroatoms. The molecule has 1 aliphatic rings. The lowest BCUT2D eigenvalue weighted by Crippen LogP contribution is -2.48. The summed E-state index contributed by atoms with van der Waals surface area (Å²) in [6, 6.07) is 32.7. The summed E-state index contributed by atoms with van der Waals surface area (Å²) in [6.07, 6.45) is 0.545. The number of hydrogen-bond acceptors (Lipinski definition) is 9. The van der Waals surface area contributed by atoms with Crippen LogP contribution in [0.5, 0.6) is 0 Å². The van der Waals surface area contributed by atoms with Crippen LogP contribution in [0.2, 0.25) is 0 Å². The quantitative estimate of drug-likeness (QED) is 0.0804. The molecule has 3 N–H and O–H groups in total. The highest BCUT2D eigenvalue weighted by Crippen LogP contribution is 2.30. The Kier molecular flexibility index (Phi) is 12.8. The van der Waals surface area contributed by atoms with Crippen LogP contribution >= 0.6 is 0 Å². The molecule has 0 radical (unpaired) electrons. The standard InChI is InChI=1S/C42H44N4O7/c43-23-13-12-20-32(39(48)40-44-34-21-10-11-22-37(34)53-40)24-36(47)35-25-33(51-27-29-14-4-1-5-15-29)26-46(35)41(49)38(31-18-8-3-9-19-31)45-42(50)52-28-30-16-6-2-7-17-30/h1-11,14-19,21-22,32-33,35,38H,12-13,20,23-28,43H2,(H,45,50)/t32-,33-,35+,38-/m1/s1. The smallest absolute Gasteiger partial charge is 0.408 e. The number of carbonyl (C=O) groups is 4. The topological polar surface area (TPSA) is 154 Å². The first-order valence-corrected chi connectivity index (χ1v) is 18.0. The molecule has 5 aromatic rings. The van der Waals surface area contributed by atoms with E-state index in [4.69, 9.17) is 19.6 Å². The van der Waals surface area contributed by atoms with Gasteiger partial charge in [-0.1, -0.05) is 110 Å². The lowest BCUT2D eigenvalue weighted by atomic mass is 9.89. The predicted octanol–water partition coefficient (Wildman–Crippen LogP) is 6.57. The van der Waals surface area contributed by atoms with Gasteiger partial charge in [-0.3, -0.25) is 14.4 Å². The first-order chi connectivity index (χ1) is 25.9. The number of alkyl carbamates (subject to hydrolysis) is 1. The van der Waals surface area contributed by atoms with Crippen molar-refractivity contribution < 1.29 is 33.1 Å². The number of para-hydroxylation sites is 2. The zero-order valence-corrected chi connectivity index (χ0v) is 29.5. The Balaban J connectivity index is 1.24. The highest BCUT2D eigenvalue weighted by molar-refractivity contribution is 6.00. The fourth-order valence-electron chi connectivity index (χ4n) is 6.63. The van der Waals surface area contributed by atoms with Crippen molar-refractivity contribution >= 4 is 34.7 Å². The summed E-state index contributed by atoms with van der Waals surface area (Å²) in [4.78, 5) is 61.9. The van der Waals surface area contributed by atoms with Crippen molar-refractivity contribution in [1.82, 2.24) is 15.2 Å². The first-order valence-electron chi connectivity index (χ1n) is 18.0. The van der Waals surface area contributed by atoms with Crippen LogP contribution in [-0.2, 0) is 32.3 Å². The van der Waals surface area contributed by atoms with Gasteiger partial charge in [0.25, 0.3) is 11.8 Å². The number of ether oxygens (including phenoxy) is 2. The molecule has 1 aromatic heterocycles. The molecule has 0 aliphatic carbocycles. The van der Waals surface area contributed by atoms with Crippen molar-refractivity contribution in [3.8, 4) is 0 Å². The zero-order chi connectivity index (χ0) is 37.0. The summed E-state index contributed by atoms with van der Waals surface area (Å²) >= 11 is 0. The molecule has 4 atom stereocenters. The summed E-state index contributed by atoms with van der Waals surface area (Å²) in [6.45, 7) is 0.870. The fraction of sp³-hybridized carbons (Fsp3) is 0.310. The van der Waals surface area contributed by atoms with Crippen LogP contribution in [0.1, 0.15) is 65.5 Å². The summed E-state index contributed by atoms with van der Waals surface area (Å²) in [5.41, 5.74) is 9.08. The molecule has 6 rings (SSSR count). The molecule has 1 fully saturated rings. The number of fused-ring (bicyclic) bond motifs is 1. The van der Waals surface area contributed by atoms with Gasteiger partial charge in [0.15, 0.2) is 11.4 Å². The number of aromatic nitrogens is 1. The van der Waals surface area contributed by atoms with E-state index in [0.29, 0.717) is 49.1 Å². The van der Waals surface area contributed by atoms with Crippen molar-refractivity contribution in [1.29, 1.82) is 0 Å². The SMILES string of the molecule is NCCCC[C@H](CC(=O)[C@@H]1C[C@@H](OCc2ccccc2)CN1C(=O)[C@H](NC(=O)OCc1ccccc1)c1ccccc1)C(=O)c1nc2ccccc2o1. The maximum absolute atomic E-state index is 14.6. The van der Waals surface area contributed by atoms with Crippen LogP contribution < -0.4 is 11.1 Å². The summed E-state index contributed by atoms with van der Waals surface area (Å²) in [7, 11) is 0. The van der Waals surface area contributed by atoms with Gasteiger partial charge in [-0.25, -0.2) is 9.78 Å². The number of oxazole rings is 1. The molecular weight excluding hydrogens is 672 g/mol. The fourth-order valence-corrected chi connectivity index (χ4v) is 6.63. The number of nitrogens with two attached hydrogens (primary N) is 1. The number of hydrogen-bond donors (Lipinski definition) is 2. The van der Waals surface area contributed by atoms with Gasteiger partial charge in [-0.05, 0) is 48.2 Å². The van der Waals surface area contributed by atoms with Crippen LogP contribution in [0.4, 0.5) is 4.79 Å². The third kappa shape index (κ3) is 9.82. The second-order valence-corrected chi connectivity index (χ2v) is 13.2. The van der Waals surface area contributed by atoms with Gasteiger partial charge in [0, 0.05) is 25.3 Å². The second kappa shape index (κ2) is 18.2. The van der Waals surface area contributed by atoms with E-state index < -0.39 is 36.1 Å². The Morgan fingerprint density at radius 2 is 1.47 bits per heavy atom. The maximum atomic E-state index is 14.6. The molecule has 1 saturated heterocycles. The van der Waals surface area contributed by atoms with E-state index in [9.17, 15) is 19.2 Å². The number of unbranched alkanes of at least 4 members (excludes halogenated alkanes) is 1. The molecule has 0 unspecified atom stereocenters. The normalized spacial score (nSPS) is 16.6. The molecule has 0 spiro atoms. The number of Topliss-reactive ketones (excluding diaryl/α,β-unsaturated/α-hetero) is 2. The minimum absolute atomic E-state index is 0.0161. The second-order valence-electron chi connectivity index (χ2n) is 13.2. The van der Waals surface area contributed by atoms with Crippen LogP contribution in [-0.4, -0.2) is 58.7 Å². The molecule has 1 aliphatic heterocycles. The van der Waals surface area contributed by atoms with Gasteiger partial charge in [-0.2, -0.15) is 0 Å². The number of nitrogens with one attached hydrogen (secondary N) is 1. The van der Waals surface area contributed by atoms with Crippen molar-refractivity contribution in [2.75, 3.05) is 13.1 Å². The highest BCUT2D eigenvalue weighted by atomic mass is 16.5. The lowest BCUT2D eigenvalue weighted by Gasteiger charge is -2.29. The molecular formula is C42H44N4O7. The van der Waals surface area contributed by atoms with Crippen LogP contribution in [0.25, 0.3) is 11.1 Å². The van der Waals surface area contributed by atoms with E-state index in [-0.39, 0.29) is 43.5 Å². The third-order valence-corrected chi connectivity index (χ3v) is 9.43. The average molecular weight is 717 g/mol. The van der Waals surface area contributed by atoms with Gasteiger partial charge in [0.1, 0.15) is 18.2 Å². The van der Waals surface area contributed by atoms with Crippen molar-refractivity contribution in [3.05, 3.63) is 138 Å². The van der Waals surface area contributed by atoms with E-state index in [0.717, 1.165) is 11.1 Å². The maximum Gasteiger partial charge on any atom is 0.408 e. The van der Waals surface area contributed by atoms with Gasteiger partial charge in [0.2, 0.25) is 5.78 Å². The van der Waals surface area contributed by atoms with E-state index in [1.165, 1.54) is 4.90 Å². The zero-order valence-electron chi connectivity index (χ0n) is 29.5. The van der Waals surface area contributed by atoms with Crippen molar-refractivity contribution in [2.24, 2.45) is 11.7 Å². The Bertz CT molecular complexity index is 1940. The predicted molar refractivity (Wildman–Crippen MR) is 198 cm³/mol. The lowest BCUT2D eigenvalue weighted by molar-refractivity contribution is -0.139. The number of carbonyl (C=O) groups excluding carboxylic acids is 4. The summed E-state index contributed by atoms with van der Waals surface area (Å²) in [5, 5.41) is 2.75. The van der Waals surface area contributed by atoms with E-state index in [2.05, 4.69) is 10.3 Å². The van der Waals surface area contributed by atoms with Gasteiger partial charge in [-0.15, -0.1) is 0 Å². The van der Waals surface area contributed by atoms with Gasteiger partial charge < -0.3 is 29.8 Å². The van der Waals surface area contributed by atoms with E-state index >= 15 is 0 Å². The average Bonchev–Trinajstić information content (AvgIpc) is 3.84. The van der Waals surface area contributed by atoms with Gasteiger partial charge >= 0.3 is 6.09 Å². The Labute approximate surface area is 308 Å². The Hall–Kier alpha value is -5.65. The Morgan fingerprint density at radius 1 is 0.830 bits per heavy atom. The van der Waals surface area contributed by atoms with Crippen LogP contribution in [0.3, 0.4) is 0 Å². The van der Waals surface area contributed by atoms with Crippen LogP contribution in [0.15, 0.2) is 120 Å².